The number of nitrogens with zero attached hydrogens (tertiary/aromatic N) is 6. The van der Waals surface area contributed by atoms with Crippen LogP contribution in [0.25, 0.3) is 0 Å². The van der Waals surface area contributed by atoms with Crippen molar-refractivity contribution in [2.75, 3.05) is 37.0 Å². The Morgan fingerprint density at radius 1 is 1.33 bits per heavy atom. The van der Waals surface area contributed by atoms with Crippen molar-refractivity contribution < 1.29 is 4.79 Å². The Morgan fingerprint density at radius 2 is 2.08 bits per heavy atom. The quantitative estimate of drug-likeness (QED) is 0.888. The van der Waals surface area contributed by atoms with E-state index in [4.69, 9.17) is 0 Å². The van der Waals surface area contributed by atoms with E-state index in [9.17, 15) is 4.79 Å². The average Bonchev–Trinajstić information content (AvgIpc) is 3.02. The van der Waals surface area contributed by atoms with Crippen LogP contribution in [0, 0.1) is 0 Å². The highest BCUT2D eigenvalue weighted by molar-refractivity contribution is 5.93. The van der Waals surface area contributed by atoms with Gasteiger partial charge in [0.25, 0.3) is 5.91 Å². The van der Waals surface area contributed by atoms with Crippen LogP contribution in [-0.2, 0) is 7.05 Å². The number of piperidine rings is 1. The van der Waals surface area contributed by atoms with Crippen LogP contribution in [0.15, 0.2) is 24.7 Å². The Hall–Kier alpha value is -2.64. The first-order chi connectivity index (χ1) is 11.5. The van der Waals surface area contributed by atoms with Crippen LogP contribution in [0.2, 0.25) is 0 Å². The Labute approximate surface area is 141 Å². The molecule has 1 amide bonds. The van der Waals surface area contributed by atoms with Gasteiger partial charge in [-0.3, -0.25) is 9.48 Å². The molecule has 0 aliphatic carbocycles. The molecule has 2 aromatic heterocycles. The van der Waals surface area contributed by atoms with Crippen LogP contribution in [0.3, 0.4) is 0 Å². The minimum Gasteiger partial charge on any atom is -0.363 e. The minimum atomic E-state index is -0.0626. The zero-order valence-corrected chi connectivity index (χ0v) is 14.3. The summed E-state index contributed by atoms with van der Waals surface area (Å²) in [6.07, 6.45) is 6.85. The Bertz CT molecular complexity index is 704. The molecule has 1 fully saturated rings. The molecule has 128 valence electrons. The molecule has 1 saturated heterocycles. The molecule has 8 heteroatoms. The highest BCUT2D eigenvalue weighted by atomic mass is 16.1. The second-order valence-corrected chi connectivity index (χ2v) is 6.25. The Balaban J connectivity index is 1.56. The standard InChI is InChI=1S/C16H23N7O/c1-21(2)14-4-7-17-16(20-14)23-8-5-13(6-9-23)19-15(24)12-10-18-22(3)11-12/h4,7,10-11,13H,5-6,8-9H2,1-3H3,(H,19,24). The topological polar surface area (TPSA) is 79.2 Å². The molecule has 0 atom stereocenters. The van der Waals surface area contributed by atoms with E-state index in [1.54, 1.807) is 30.3 Å². The van der Waals surface area contributed by atoms with Gasteiger partial charge in [0.05, 0.1) is 11.8 Å². The van der Waals surface area contributed by atoms with Crippen LogP contribution in [0.5, 0.6) is 0 Å². The van der Waals surface area contributed by atoms with Gasteiger partial charge in [-0.1, -0.05) is 0 Å². The average molecular weight is 329 g/mol. The fraction of sp³-hybridized carbons (Fsp3) is 0.500. The van der Waals surface area contributed by atoms with Crippen molar-refractivity contribution in [3.05, 3.63) is 30.2 Å². The fourth-order valence-electron chi connectivity index (χ4n) is 2.77. The van der Waals surface area contributed by atoms with E-state index in [1.165, 1.54) is 0 Å². The summed E-state index contributed by atoms with van der Waals surface area (Å²) in [5.74, 6) is 1.58. The summed E-state index contributed by atoms with van der Waals surface area (Å²) in [4.78, 5) is 25.3. The van der Waals surface area contributed by atoms with E-state index in [-0.39, 0.29) is 11.9 Å². The summed E-state index contributed by atoms with van der Waals surface area (Å²) in [5, 5.41) is 7.11. The zero-order valence-electron chi connectivity index (χ0n) is 14.3. The Kier molecular flexibility index (Phi) is 4.64. The molecule has 3 rings (SSSR count). The number of rotatable bonds is 4. The van der Waals surface area contributed by atoms with Crippen LogP contribution < -0.4 is 15.1 Å². The number of hydrogen-bond donors (Lipinski definition) is 1. The molecule has 0 unspecified atom stereocenters. The third kappa shape index (κ3) is 3.64. The Morgan fingerprint density at radius 3 is 2.71 bits per heavy atom. The second kappa shape index (κ2) is 6.86. The fourth-order valence-corrected chi connectivity index (χ4v) is 2.77. The lowest BCUT2D eigenvalue weighted by Gasteiger charge is -2.32. The zero-order chi connectivity index (χ0) is 17.1. The molecule has 8 nitrogen and oxygen atoms in total. The number of aryl methyl sites for hydroxylation is 1. The largest absolute Gasteiger partial charge is 0.363 e. The lowest BCUT2D eigenvalue weighted by Crippen LogP contribution is -2.45. The number of anilines is 2. The number of amides is 1. The number of nitrogens with one attached hydrogen (secondary N) is 1. The summed E-state index contributed by atoms with van der Waals surface area (Å²) in [5.41, 5.74) is 0.599. The van der Waals surface area contributed by atoms with Gasteiger partial charge >= 0.3 is 0 Å². The molecule has 3 heterocycles. The maximum Gasteiger partial charge on any atom is 0.254 e. The van der Waals surface area contributed by atoms with Gasteiger partial charge in [0.15, 0.2) is 0 Å². The van der Waals surface area contributed by atoms with Gasteiger partial charge in [-0.25, -0.2) is 4.98 Å². The summed E-state index contributed by atoms with van der Waals surface area (Å²) in [7, 11) is 5.73. The SMILES string of the molecule is CN(C)c1ccnc(N2CCC(NC(=O)c3cnn(C)c3)CC2)n1. The van der Waals surface area contributed by atoms with Crippen molar-refractivity contribution in [3.63, 3.8) is 0 Å². The van der Waals surface area contributed by atoms with Crippen molar-refractivity contribution >= 4 is 17.7 Å². The van der Waals surface area contributed by atoms with Gasteiger partial charge in [0, 0.05) is 52.7 Å². The molecule has 0 spiro atoms. The van der Waals surface area contributed by atoms with E-state index in [2.05, 4.69) is 25.3 Å². The van der Waals surface area contributed by atoms with E-state index < -0.39 is 0 Å². The highest BCUT2D eigenvalue weighted by Crippen LogP contribution is 2.18. The molecule has 0 bridgehead atoms. The maximum absolute atomic E-state index is 12.2. The molecule has 24 heavy (non-hydrogen) atoms. The van der Waals surface area contributed by atoms with Gasteiger partial charge in [-0.15, -0.1) is 0 Å². The normalized spacial score (nSPS) is 15.4. The number of hydrogen-bond acceptors (Lipinski definition) is 6. The van der Waals surface area contributed by atoms with E-state index in [0.29, 0.717) is 5.56 Å². The molecule has 0 aromatic carbocycles. The first kappa shape index (κ1) is 16.2. The van der Waals surface area contributed by atoms with Crippen molar-refractivity contribution in [2.24, 2.45) is 7.05 Å². The third-order valence-corrected chi connectivity index (χ3v) is 4.17. The molecule has 2 aromatic rings. The van der Waals surface area contributed by atoms with Gasteiger partial charge < -0.3 is 15.1 Å². The van der Waals surface area contributed by atoms with E-state index in [1.807, 2.05) is 25.1 Å². The number of aromatic nitrogens is 4. The molecular weight excluding hydrogens is 306 g/mol. The summed E-state index contributed by atoms with van der Waals surface area (Å²) in [6, 6.07) is 2.07. The summed E-state index contributed by atoms with van der Waals surface area (Å²) >= 11 is 0. The second-order valence-electron chi connectivity index (χ2n) is 6.25. The van der Waals surface area contributed by atoms with Crippen LogP contribution in [0.4, 0.5) is 11.8 Å². The van der Waals surface area contributed by atoms with Crippen molar-refractivity contribution in [3.8, 4) is 0 Å². The van der Waals surface area contributed by atoms with E-state index >= 15 is 0 Å². The number of carbonyl (C=O) groups is 1. The van der Waals surface area contributed by atoms with Gasteiger partial charge in [0.1, 0.15) is 5.82 Å². The molecule has 1 aliphatic heterocycles. The van der Waals surface area contributed by atoms with Gasteiger partial charge in [-0.05, 0) is 18.9 Å². The first-order valence-electron chi connectivity index (χ1n) is 8.08. The van der Waals surface area contributed by atoms with Gasteiger partial charge in [0.2, 0.25) is 5.95 Å². The van der Waals surface area contributed by atoms with Gasteiger partial charge in [-0.2, -0.15) is 10.1 Å². The van der Waals surface area contributed by atoms with Crippen LogP contribution in [0.1, 0.15) is 23.2 Å². The molecule has 1 N–H and O–H groups in total. The molecule has 0 radical (unpaired) electrons. The summed E-state index contributed by atoms with van der Waals surface area (Å²) in [6.45, 7) is 1.66. The van der Waals surface area contributed by atoms with Crippen LogP contribution >= 0.6 is 0 Å². The predicted octanol–water partition coefficient (Wildman–Crippen LogP) is 0.675. The van der Waals surface area contributed by atoms with Crippen molar-refractivity contribution in [2.45, 2.75) is 18.9 Å². The van der Waals surface area contributed by atoms with Crippen molar-refractivity contribution in [1.29, 1.82) is 0 Å². The lowest BCUT2D eigenvalue weighted by atomic mass is 10.1. The van der Waals surface area contributed by atoms with Crippen molar-refractivity contribution in [1.82, 2.24) is 25.1 Å². The lowest BCUT2D eigenvalue weighted by molar-refractivity contribution is 0.0931. The molecule has 0 saturated carbocycles. The maximum atomic E-state index is 12.2. The van der Waals surface area contributed by atoms with E-state index in [0.717, 1.165) is 37.7 Å². The number of carbonyl (C=O) groups excluding carboxylic acids is 1. The molecule has 1 aliphatic rings. The predicted molar refractivity (Wildman–Crippen MR) is 92.3 cm³/mol. The van der Waals surface area contributed by atoms with Crippen LogP contribution in [-0.4, -0.2) is 58.9 Å². The summed E-state index contributed by atoms with van der Waals surface area (Å²) < 4.78 is 1.63. The molecular formula is C16H23N7O. The smallest absolute Gasteiger partial charge is 0.254 e. The monoisotopic (exact) mass is 329 g/mol. The first-order valence-corrected chi connectivity index (χ1v) is 8.08. The highest BCUT2D eigenvalue weighted by Gasteiger charge is 2.23. The minimum absolute atomic E-state index is 0.0626. The third-order valence-electron chi connectivity index (χ3n) is 4.17.